The number of sulfonamides is 1. The minimum Gasteiger partial charge on any atom is -0.471 e. The van der Waals surface area contributed by atoms with Crippen LogP contribution in [-0.4, -0.2) is 101 Å². The number of hydrogen-bond donors (Lipinski definition) is 3. The average Bonchev–Trinajstić information content (AvgIpc) is 3.96. The number of alkyl halides is 2. The molecule has 3 heterocycles. The average molecular weight is 817 g/mol. The Balaban J connectivity index is 1.25. The van der Waals surface area contributed by atoms with E-state index in [1.807, 2.05) is 6.92 Å². The highest BCUT2D eigenvalue weighted by Gasteiger charge is 2.63. The molecule has 2 bridgehead atoms. The molecule has 1 aromatic carbocycles. The van der Waals surface area contributed by atoms with E-state index in [1.54, 1.807) is 45.9 Å². The molecule has 0 spiro atoms. The molecule has 1 saturated heterocycles. The summed E-state index contributed by atoms with van der Waals surface area (Å²) in [7, 11) is -4.04. The quantitative estimate of drug-likeness (QED) is 0.357. The SMILES string of the molecule is CC[C@@H]1C[C@@]1(NC(=O)[C@@H]1C[C@@H]2CN1C(=O)[C@H](C(C)(C)C)NC(=O)O[C@@H]1CCC[C@H]1OC/C=C/C(F)(F)c1nc3ccccc3nc1O2)C(=O)NS(=O)(=O)C1(C)CC1. The van der Waals surface area contributed by atoms with E-state index >= 15 is 8.78 Å². The van der Waals surface area contributed by atoms with Crippen molar-refractivity contribution in [1.29, 1.82) is 0 Å². The molecule has 7 atom stereocenters. The molecule has 7 rings (SSSR count). The van der Waals surface area contributed by atoms with E-state index in [9.17, 15) is 27.6 Å². The normalized spacial score (nSPS) is 31.7. The van der Waals surface area contributed by atoms with Gasteiger partial charge in [0.1, 0.15) is 29.8 Å². The van der Waals surface area contributed by atoms with Crippen LogP contribution >= 0.6 is 0 Å². The third-order valence-corrected chi connectivity index (χ3v) is 14.1. The van der Waals surface area contributed by atoms with Crippen molar-refractivity contribution in [2.75, 3.05) is 13.2 Å². The van der Waals surface area contributed by atoms with Gasteiger partial charge in [-0.25, -0.2) is 23.2 Å². The molecule has 0 unspecified atom stereocenters. The fourth-order valence-electron chi connectivity index (χ4n) is 7.99. The van der Waals surface area contributed by atoms with E-state index in [0.717, 1.165) is 6.08 Å². The predicted octanol–water partition coefficient (Wildman–Crippen LogP) is 4.00. The van der Waals surface area contributed by atoms with Crippen molar-refractivity contribution < 1.29 is 50.6 Å². The van der Waals surface area contributed by atoms with Crippen molar-refractivity contribution in [1.82, 2.24) is 30.2 Å². The number of aromatic nitrogens is 2. The first kappa shape index (κ1) is 40.7. The molecule has 57 heavy (non-hydrogen) atoms. The van der Waals surface area contributed by atoms with E-state index in [-0.39, 0.29) is 37.0 Å². The second-order valence-electron chi connectivity index (χ2n) is 17.2. The molecule has 3 saturated carbocycles. The number of nitrogens with zero attached hydrogens (tertiary/aromatic N) is 3. The number of allylic oxidation sites excluding steroid dienone is 1. The summed E-state index contributed by atoms with van der Waals surface area (Å²) >= 11 is 0. The summed E-state index contributed by atoms with van der Waals surface area (Å²) in [6, 6.07) is 3.86. The minimum atomic E-state index is -4.04. The van der Waals surface area contributed by atoms with Gasteiger partial charge in [0.15, 0.2) is 5.69 Å². The van der Waals surface area contributed by atoms with Crippen LogP contribution in [0.15, 0.2) is 36.4 Å². The summed E-state index contributed by atoms with van der Waals surface area (Å²) in [5.74, 6) is -6.92. The first-order valence-corrected chi connectivity index (χ1v) is 21.0. The zero-order valence-electron chi connectivity index (χ0n) is 32.7. The number of ether oxygens (including phenoxy) is 3. The van der Waals surface area contributed by atoms with Crippen molar-refractivity contribution in [3.8, 4) is 5.88 Å². The van der Waals surface area contributed by atoms with Crippen molar-refractivity contribution in [2.45, 2.75) is 133 Å². The lowest BCUT2D eigenvalue weighted by Crippen LogP contribution is -2.60. The van der Waals surface area contributed by atoms with Gasteiger partial charge in [-0.2, -0.15) is 8.78 Å². The molecule has 5 aliphatic rings. The Bertz CT molecular complexity index is 2090. The molecule has 310 valence electrons. The topological polar surface area (TPSA) is 195 Å². The van der Waals surface area contributed by atoms with Gasteiger partial charge in [-0.15, -0.1) is 0 Å². The van der Waals surface area contributed by atoms with Gasteiger partial charge in [0.25, 0.3) is 5.91 Å². The van der Waals surface area contributed by atoms with Crippen LogP contribution in [-0.2, 0) is 39.8 Å². The molecule has 4 fully saturated rings. The number of rotatable bonds is 6. The number of carbonyl (C=O) groups excluding carboxylic acids is 4. The maximum atomic E-state index is 16.1. The first-order valence-electron chi connectivity index (χ1n) is 19.5. The highest BCUT2D eigenvalue weighted by Crippen LogP contribution is 2.48. The third-order valence-electron chi connectivity index (χ3n) is 11.9. The van der Waals surface area contributed by atoms with Crippen LogP contribution in [0.2, 0.25) is 0 Å². The zero-order valence-corrected chi connectivity index (χ0v) is 33.5. The van der Waals surface area contributed by atoms with Crippen LogP contribution in [0.3, 0.4) is 0 Å². The number of hydrogen-bond acceptors (Lipinski definition) is 11. The molecular formula is C39H50F2N6O9S. The fourth-order valence-corrected chi connectivity index (χ4v) is 9.30. The molecule has 15 nitrogen and oxygen atoms in total. The van der Waals surface area contributed by atoms with Crippen LogP contribution in [0.5, 0.6) is 5.88 Å². The summed E-state index contributed by atoms with van der Waals surface area (Å²) in [4.78, 5) is 66.1. The molecule has 0 radical (unpaired) electrons. The zero-order chi connectivity index (χ0) is 41.1. The van der Waals surface area contributed by atoms with Crippen LogP contribution in [0.4, 0.5) is 13.6 Å². The Morgan fingerprint density at radius 1 is 1.05 bits per heavy atom. The Labute approximate surface area is 330 Å². The van der Waals surface area contributed by atoms with Crippen molar-refractivity contribution in [2.24, 2.45) is 11.3 Å². The molecule has 3 aliphatic carbocycles. The van der Waals surface area contributed by atoms with Gasteiger partial charge in [-0.05, 0) is 75.0 Å². The molecule has 3 N–H and O–H groups in total. The molecule has 4 amide bonds. The summed E-state index contributed by atoms with van der Waals surface area (Å²) in [5, 5.41) is 5.49. The number of alkyl carbamates (subject to hydrolysis) is 1. The molecular weight excluding hydrogens is 767 g/mol. The number of halogens is 2. The molecule has 1 aromatic heterocycles. The summed E-state index contributed by atoms with van der Waals surface area (Å²) in [6.07, 6.45) is 1.36. The summed E-state index contributed by atoms with van der Waals surface area (Å²) in [5.41, 5.74) is -2.81. The van der Waals surface area contributed by atoms with Gasteiger partial charge in [0.2, 0.25) is 27.7 Å². The number of amides is 4. The molecule has 18 heteroatoms. The fraction of sp³-hybridized carbons (Fsp3) is 0.641. The van der Waals surface area contributed by atoms with Crippen LogP contribution in [0, 0.1) is 11.3 Å². The number of fused-ring (bicyclic) bond motifs is 5. The Morgan fingerprint density at radius 3 is 2.39 bits per heavy atom. The smallest absolute Gasteiger partial charge is 0.408 e. The van der Waals surface area contributed by atoms with Gasteiger partial charge >= 0.3 is 12.0 Å². The Kier molecular flexibility index (Phi) is 10.5. The van der Waals surface area contributed by atoms with E-state index in [0.29, 0.717) is 44.6 Å². The molecule has 2 aliphatic heterocycles. The maximum Gasteiger partial charge on any atom is 0.408 e. The number of nitrogens with one attached hydrogen (secondary N) is 3. The van der Waals surface area contributed by atoms with Gasteiger partial charge < -0.3 is 29.7 Å². The number of para-hydroxylation sites is 2. The summed E-state index contributed by atoms with van der Waals surface area (Å²) in [6.45, 7) is 8.03. The lowest BCUT2D eigenvalue weighted by molar-refractivity contribution is -0.143. The lowest BCUT2D eigenvalue weighted by Gasteiger charge is -2.35. The summed E-state index contributed by atoms with van der Waals surface area (Å²) < 4.78 is 77.2. The standard InChI is InChI=1S/C39H50F2N6O9S/c1-6-22-20-38(22,34(50)46-57(52,53)37(5)16-17-37)45-31(48)26-19-23-21-47(26)33(49)30(36(2,3)4)44-35(51)56-28-14-9-13-27(28)54-18-10-15-39(40,41)29-32(55-23)43-25-12-8-7-11-24(25)42-29/h7-8,10-12,15,22-23,26-28,30H,6,9,13-14,16-21H2,1-5H3,(H,44,51)(H,45,48)(H,46,50)/b15-10+/t22-,23-,26+,27-,28-,30-,38+/m1/s1. The minimum absolute atomic E-state index is 0.163. The van der Waals surface area contributed by atoms with E-state index < -0.39 is 103 Å². The third kappa shape index (κ3) is 8.03. The molecule has 2 aromatic rings. The monoisotopic (exact) mass is 816 g/mol. The van der Waals surface area contributed by atoms with Gasteiger partial charge in [-0.3, -0.25) is 19.1 Å². The van der Waals surface area contributed by atoms with E-state index in [2.05, 4.69) is 25.3 Å². The Morgan fingerprint density at radius 2 is 1.74 bits per heavy atom. The lowest BCUT2D eigenvalue weighted by atomic mass is 9.85. The number of carbonyl (C=O) groups is 4. The largest absolute Gasteiger partial charge is 0.471 e. The second kappa shape index (κ2) is 14.7. The van der Waals surface area contributed by atoms with Crippen LogP contribution in [0.1, 0.15) is 91.7 Å². The highest BCUT2D eigenvalue weighted by molar-refractivity contribution is 7.91. The first-order chi connectivity index (χ1) is 26.8. The van der Waals surface area contributed by atoms with Crippen molar-refractivity contribution in [3.63, 3.8) is 0 Å². The van der Waals surface area contributed by atoms with Gasteiger partial charge in [-0.1, -0.05) is 52.3 Å². The van der Waals surface area contributed by atoms with Gasteiger partial charge in [0.05, 0.1) is 35.0 Å². The van der Waals surface area contributed by atoms with Gasteiger partial charge in [0, 0.05) is 6.42 Å². The number of benzene rings is 1. The highest BCUT2D eigenvalue weighted by atomic mass is 32.2. The van der Waals surface area contributed by atoms with E-state index in [4.69, 9.17) is 14.2 Å². The predicted molar refractivity (Wildman–Crippen MR) is 201 cm³/mol. The van der Waals surface area contributed by atoms with E-state index in [1.165, 1.54) is 11.0 Å². The Hall–Kier alpha value is -4.45. The van der Waals surface area contributed by atoms with Crippen molar-refractivity contribution >= 4 is 44.9 Å². The van der Waals surface area contributed by atoms with Crippen LogP contribution in [0.25, 0.3) is 11.0 Å². The van der Waals surface area contributed by atoms with Crippen molar-refractivity contribution in [3.05, 3.63) is 42.1 Å². The van der Waals surface area contributed by atoms with Crippen LogP contribution < -0.4 is 20.1 Å². The second-order valence-corrected chi connectivity index (χ2v) is 19.4. The maximum absolute atomic E-state index is 16.1.